The van der Waals surface area contributed by atoms with E-state index >= 15 is 0 Å². The Hall–Kier alpha value is -2.89. The van der Waals surface area contributed by atoms with Crippen molar-refractivity contribution in [1.82, 2.24) is 16.0 Å². The van der Waals surface area contributed by atoms with E-state index in [1.165, 1.54) is 6.07 Å². The number of aryl methyl sites for hydroxylation is 1. The largest absolute Gasteiger partial charge is 0.354 e. The van der Waals surface area contributed by atoms with Gasteiger partial charge >= 0.3 is 6.03 Å². The summed E-state index contributed by atoms with van der Waals surface area (Å²) in [6, 6.07) is 13.3. The molecule has 3 N–H and O–H groups in total. The third-order valence-electron chi connectivity index (χ3n) is 4.55. The van der Waals surface area contributed by atoms with Gasteiger partial charge in [0.1, 0.15) is 11.9 Å². The quantitative estimate of drug-likeness (QED) is 0.602. The molecule has 3 amide bonds. The Labute approximate surface area is 172 Å². The minimum Gasteiger partial charge on any atom is -0.354 e. The van der Waals surface area contributed by atoms with Crippen molar-refractivity contribution in [2.75, 3.05) is 6.54 Å². The predicted molar refractivity (Wildman–Crippen MR) is 113 cm³/mol. The highest BCUT2D eigenvalue weighted by atomic mass is 19.1. The van der Waals surface area contributed by atoms with Gasteiger partial charge in [0.15, 0.2) is 0 Å². The fourth-order valence-corrected chi connectivity index (χ4v) is 2.95. The predicted octanol–water partition coefficient (Wildman–Crippen LogP) is 3.71. The van der Waals surface area contributed by atoms with E-state index in [1.807, 2.05) is 45.0 Å². The lowest BCUT2D eigenvalue weighted by molar-refractivity contribution is -0.123. The first kappa shape index (κ1) is 22.4. The third-order valence-corrected chi connectivity index (χ3v) is 4.55. The molecule has 0 unspecified atom stereocenters. The van der Waals surface area contributed by atoms with E-state index in [-0.39, 0.29) is 23.7 Å². The molecule has 0 aliphatic carbocycles. The molecule has 2 aromatic carbocycles. The van der Waals surface area contributed by atoms with Crippen LogP contribution >= 0.6 is 0 Å². The molecule has 0 spiro atoms. The molecule has 0 fully saturated rings. The Morgan fingerprint density at radius 3 is 2.34 bits per heavy atom. The highest BCUT2D eigenvalue weighted by Crippen LogP contribution is 2.08. The molecular formula is C23H30FN3O2. The Morgan fingerprint density at radius 1 is 1.00 bits per heavy atom. The summed E-state index contributed by atoms with van der Waals surface area (Å²) in [5.74, 6) is -0.315. The number of rotatable bonds is 9. The molecular weight excluding hydrogens is 369 g/mol. The molecule has 6 heteroatoms. The summed E-state index contributed by atoms with van der Waals surface area (Å²) in [6.45, 7) is 6.68. The summed E-state index contributed by atoms with van der Waals surface area (Å²) < 4.78 is 13.7. The van der Waals surface area contributed by atoms with Crippen LogP contribution in [0.2, 0.25) is 0 Å². The second-order valence-corrected chi connectivity index (χ2v) is 7.63. The van der Waals surface area contributed by atoms with Gasteiger partial charge in [-0.25, -0.2) is 9.18 Å². The van der Waals surface area contributed by atoms with Crippen LogP contribution in [0.25, 0.3) is 0 Å². The SMILES string of the molecule is Cc1ccc(CNC(=O)N[C@@H](CC(C)C)C(=O)NCCc2ccccc2F)cc1. The van der Waals surface area contributed by atoms with E-state index in [0.29, 0.717) is 31.5 Å². The van der Waals surface area contributed by atoms with Crippen LogP contribution in [0.1, 0.15) is 37.0 Å². The molecule has 0 saturated carbocycles. The number of amides is 3. The molecule has 0 aliphatic heterocycles. The first-order chi connectivity index (χ1) is 13.8. The van der Waals surface area contributed by atoms with Crippen molar-refractivity contribution in [3.8, 4) is 0 Å². The van der Waals surface area contributed by atoms with Gasteiger partial charge in [-0.05, 0) is 42.9 Å². The van der Waals surface area contributed by atoms with Crippen molar-refractivity contribution in [1.29, 1.82) is 0 Å². The third kappa shape index (κ3) is 7.94. The van der Waals surface area contributed by atoms with Gasteiger partial charge in [0, 0.05) is 13.1 Å². The van der Waals surface area contributed by atoms with Crippen molar-refractivity contribution in [3.05, 3.63) is 71.0 Å². The average Bonchev–Trinajstić information content (AvgIpc) is 2.68. The van der Waals surface area contributed by atoms with Crippen LogP contribution in [-0.2, 0) is 17.8 Å². The second-order valence-electron chi connectivity index (χ2n) is 7.63. The summed E-state index contributed by atoms with van der Waals surface area (Å²) >= 11 is 0. The molecule has 2 rings (SSSR count). The fourth-order valence-electron chi connectivity index (χ4n) is 2.95. The Balaban J connectivity index is 1.84. The van der Waals surface area contributed by atoms with Crippen LogP contribution < -0.4 is 16.0 Å². The Kier molecular flexibility index (Phi) is 8.65. The number of hydrogen-bond acceptors (Lipinski definition) is 2. The van der Waals surface area contributed by atoms with Gasteiger partial charge in [-0.15, -0.1) is 0 Å². The standard InChI is InChI=1S/C23H30FN3O2/c1-16(2)14-21(22(28)25-13-12-19-6-4-5-7-20(19)24)27-23(29)26-15-18-10-8-17(3)9-11-18/h4-11,16,21H,12-15H2,1-3H3,(H,25,28)(H2,26,27,29)/t21-/m0/s1. The second kappa shape index (κ2) is 11.2. The van der Waals surface area contributed by atoms with Crippen LogP contribution in [0.15, 0.2) is 48.5 Å². The van der Waals surface area contributed by atoms with Gasteiger partial charge in [-0.3, -0.25) is 4.79 Å². The van der Waals surface area contributed by atoms with Gasteiger partial charge in [0.25, 0.3) is 0 Å². The van der Waals surface area contributed by atoms with Crippen molar-refractivity contribution < 1.29 is 14.0 Å². The average molecular weight is 400 g/mol. The topological polar surface area (TPSA) is 70.2 Å². The van der Waals surface area contributed by atoms with Crippen LogP contribution in [0, 0.1) is 18.7 Å². The monoisotopic (exact) mass is 399 g/mol. The van der Waals surface area contributed by atoms with Crippen LogP contribution in [0.3, 0.4) is 0 Å². The molecule has 0 saturated heterocycles. The maximum atomic E-state index is 13.7. The summed E-state index contributed by atoms with van der Waals surface area (Å²) in [5.41, 5.74) is 2.69. The molecule has 0 aromatic heterocycles. The molecule has 0 radical (unpaired) electrons. The summed E-state index contributed by atoms with van der Waals surface area (Å²) in [5, 5.41) is 8.34. The van der Waals surface area contributed by atoms with E-state index in [2.05, 4.69) is 16.0 Å². The molecule has 0 bridgehead atoms. The van der Waals surface area contributed by atoms with E-state index in [1.54, 1.807) is 18.2 Å². The minimum absolute atomic E-state index is 0.231. The van der Waals surface area contributed by atoms with E-state index in [9.17, 15) is 14.0 Å². The molecule has 156 valence electrons. The molecule has 29 heavy (non-hydrogen) atoms. The first-order valence-electron chi connectivity index (χ1n) is 9.96. The van der Waals surface area contributed by atoms with Gasteiger partial charge in [-0.2, -0.15) is 0 Å². The summed E-state index contributed by atoms with van der Waals surface area (Å²) in [7, 11) is 0. The molecule has 1 atom stereocenters. The zero-order valence-electron chi connectivity index (χ0n) is 17.3. The summed E-state index contributed by atoms with van der Waals surface area (Å²) in [6.07, 6.45) is 0.913. The number of halogens is 1. The molecule has 0 heterocycles. The van der Waals surface area contributed by atoms with Crippen LogP contribution in [-0.4, -0.2) is 24.5 Å². The van der Waals surface area contributed by atoms with Crippen molar-refractivity contribution in [3.63, 3.8) is 0 Å². The van der Waals surface area contributed by atoms with E-state index in [4.69, 9.17) is 0 Å². The Bertz CT molecular complexity index is 806. The molecule has 2 aromatic rings. The number of hydrogen-bond donors (Lipinski definition) is 3. The Morgan fingerprint density at radius 2 is 1.69 bits per heavy atom. The summed E-state index contributed by atoms with van der Waals surface area (Å²) in [4.78, 5) is 24.8. The highest BCUT2D eigenvalue weighted by Gasteiger charge is 2.21. The highest BCUT2D eigenvalue weighted by molar-refractivity contribution is 5.87. The van der Waals surface area contributed by atoms with Gasteiger partial charge in [0.05, 0.1) is 0 Å². The zero-order chi connectivity index (χ0) is 21.2. The lowest BCUT2D eigenvalue weighted by Crippen LogP contribution is -2.50. The van der Waals surface area contributed by atoms with E-state index in [0.717, 1.165) is 11.1 Å². The number of benzene rings is 2. The van der Waals surface area contributed by atoms with Gasteiger partial charge in [0.2, 0.25) is 5.91 Å². The number of carbonyl (C=O) groups excluding carboxylic acids is 2. The molecule has 5 nitrogen and oxygen atoms in total. The van der Waals surface area contributed by atoms with E-state index < -0.39 is 6.04 Å². The minimum atomic E-state index is -0.645. The van der Waals surface area contributed by atoms with Crippen molar-refractivity contribution in [2.45, 2.75) is 46.2 Å². The number of carbonyl (C=O) groups is 2. The number of nitrogens with one attached hydrogen (secondary N) is 3. The maximum Gasteiger partial charge on any atom is 0.315 e. The van der Waals surface area contributed by atoms with Crippen LogP contribution in [0.5, 0.6) is 0 Å². The van der Waals surface area contributed by atoms with Crippen molar-refractivity contribution >= 4 is 11.9 Å². The lowest BCUT2D eigenvalue weighted by atomic mass is 10.0. The zero-order valence-corrected chi connectivity index (χ0v) is 17.3. The molecule has 0 aliphatic rings. The normalized spacial score (nSPS) is 11.8. The fraction of sp³-hybridized carbons (Fsp3) is 0.391. The maximum absolute atomic E-state index is 13.7. The first-order valence-corrected chi connectivity index (χ1v) is 9.96. The van der Waals surface area contributed by atoms with Gasteiger partial charge in [-0.1, -0.05) is 61.9 Å². The lowest BCUT2D eigenvalue weighted by Gasteiger charge is -2.20. The smallest absolute Gasteiger partial charge is 0.315 e. The number of urea groups is 1. The van der Waals surface area contributed by atoms with Crippen molar-refractivity contribution in [2.24, 2.45) is 5.92 Å². The van der Waals surface area contributed by atoms with Gasteiger partial charge < -0.3 is 16.0 Å². The van der Waals surface area contributed by atoms with Crippen LogP contribution in [0.4, 0.5) is 9.18 Å².